The fourth-order valence-electron chi connectivity index (χ4n) is 5.64. The second-order valence-electron chi connectivity index (χ2n) is 10.1. The Balaban J connectivity index is 1.39. The van der Waals surface area contributed by atoms with Crippen LogP contribution in [0.25, 0.3) is 22.4 Å². The van der Waals surface area contributed by atoms with Gasteiger partial charge in [-0.15, -0.1) is 10.2 Å². The van der Waals surface area contributed by atoms with Crippen molar-refractivity contribution in [2.75, 3.05) is 19.1 Å². The summed E-state index contributed by atoms with van der Waals surface area (Å²) in [5, 5.41) is 23.1. The fourth-order valence-corrected chi connectivity index (χ4v) is 5.64. The predicted octanol–water partition coefficient (Wildman–Crippen LogP) is 4.56. The first-order valence-corrected chi connectivity index (χ1v) is 11.6. The van der Waals surface area contributed by atoms with Crippen LogP contribution in [0.3, 0.4) is 0 Å². The number of aromatic nitrogens is 3. The maximum absolute atomic E-state index is 15.1. The molecule has 2 N–H and O–H groups in total. The number of phenols is 1. The van der Waals surface area contributed by atoms with Crippen molar-refractivity contribution < 1.29 is 14.2 Å². The lowest BCUT2D eigenvalue weighted by atomic mass is 9.84. The van der Waals surface area contributed by atoms with Gasteiger partial charge in [0, 0.05) is 36.4 Å². The normalized spacial score (nSPS) is 25.9. The summed E-state index contributed by atoms with van der Waals surface area (Å²) < 4.78 is 20.2. The molecular weight excluding hydrogens is 433 g/mol. The van der Waals surface area contributed by atoms with Crippen molar-refractivity contribution in [2.24, 2.45) is 0 Å². The Morgan fingerprint density at radius 1 is 1.06 bits per heavy atom. The highest BCUT2D eigenvalue weighted by Gasteiger charge is 2.49. The number of phenolic OH excluding ortho intramolecular Hbond substituents is 1. The molecule has 8 heteroatoms. The molecule has 3 atom stereocenters. The molecule has 4 heterocycles. The Hall–Kier alpha value is -3.26. The van der Waals surface area contributed by atoms with Crippen molar-refractivity contribution in [2.45, 2.75) is 56.7 Å². The Labute approximate surface area is 199 Å². The van der Waals surface area contributed by atoms with Crippen LogP contribution in [-0.2, 0) is 0 Å². The van der Waals surface area contributed by atoms with Crippen LogP contribution < -0.4 is 15.0 Å². The average Bonchev–Trinajstić information content (AvgIpc) is 3.05. The summed E-state index contributed by atoms with van der Waals surface area (Å²) in [5.41, 5.74) is 1.82. The first-order chi connectivity index (χ1) is 16.2. The van der Waals surface area contributed by atoms with Crippen LogP contribution in [0.5, 0.6) is 11.6 Å². The molecule has 5 rings (SSSR count). The third kappa shape index (κ3) is 4.07. The van der Waals surface area contributed by atoms with Gasteiger partial charge in [0.15, 0.2) is 5.82 Å². The zero-order valence-electron chi connectivity index (χ0n) is 20.0. The number of hydrogen-bond donors (Lipinski definition) is 2. The van der Waals surface area contributed by atoms with Crippen molar-refractivity contribution in [3.63, 3.8) is 0 Å². The second-order valence-corrected chi connectivity index (χ2v) is 10.1. The standard InChI is InChI=1S/C26H30FN5O2/c1-25-8-9-26(2,31-25)15-18(14-25)32(3)22-6-5-20(29-30-22)24-19(27)11-17(12-21(24)33)16-7-10-28-23(13-16)34-4/h5-7,10-13,18,31,33H,8-9,14-15H2,1-4H3/t18-,25+,26-. The summed E-state index contributed by atoms with van der Waals surface area (Å²) in [6.45, 7) is 4.59. The van der Waals surface area contributed by atoms with Gasteiger partial charge in [0.2, 0.25) is 5.88 Å². The predicted molar refractivity (Wildman–Crippen MR) is 129 cm³/mol. The molecule has 2 fully saturated rings. The first kappa shape index (κ1) is 22.5. The van der Waals surface area contributed by atoms with Crippen LogP contribution in [-0.4, -0.2) is 51.6 Å². The molecule has 2 aliphatic heterocycles. The van der Waals surface area contributed by atoms with Crippen molar-refractivity contribution in [3.8, 4) is 34.0 Å². The van der Waals surface area contributed by atoms with Gasteiger partial charge in [0.25, 0.3) is 0 Å². The van der Waals surface area contributed by atoms with E-state index in [1.54, 1.807) is 24.4 Å². The third-order valence-electron chi connectivity index (χ3n) is 7.37. The van der Waals surface area contributed by atoms with Crippen LogP contribution in [0, 0.1) is 5.82 Å². The molecule has 0 aliphatic carbocycles. The number of rotatable bonds is 5. The number of nitrogens with zero attached hydrogens (tertiary/aromatic N) is 4. The van der Waals surface area contributed by atoms with E-state index in [9.17, 15) is 5.11 Å². The van der Waals surface area contributed by atoms with Crippen molar-refractivity contribution in [3.05, 3.63) is 48.4 Å². The van der Waals surface area contributed by atoms with Gasteiger partial charge in [0.05, 0.1) is 18.4 Å². The van der Waals surface area contributed by atoms with Crippen LogP contribution >= 0.6 is 0 Å². The molecular formula is C26H30FN5O2. The minimum Gasteiger partial charge on any atom is -0.507 e. The molecule has 2 aliphatic rings. The van der Waals surface area contributed by atoms with Crippen LogP contribution in [0.1, 0.15) is 39.5 Å². The summed E-state index contributed by atoms with van der Waals surface area (Å²) in [6.07, 6.45) is 6.02. The Morgan fingerprint density at radius 2 is 1.79 bits per heavy atom. The molecule has 0 amide bonds. The highest BCUT2D eigenvalue weighted by atomic mass is 19.1. The minimum absolute atomic E-state index is 0.0337. The van der Waals surface area contributed by atoms with Crippen LogP contribution in [0.2, 0.25) is 0 Å². The van der Waals surface area contributed by atoms with E-state index >= 15 is 4.39 Å². The molecule has 178 valence electrons. The Bertz CT molecular complexity index is 1180. The topological polar surface area (TPSA) is 83.4 Å². The van der Waals surface area contributed by atoms with E-state index in [4.69, 9.17) is 4.74 Å². The van der Waals surface area contributed by atoms with E-state index in [-0.39, 0.29) is 28.1 Å². The van der Waals surface area contributed by atoms with Gasteiger partial charge in [-0.3, -0.25) is 0 Å². The number of anilines is 1. The van der Waals surface area contributed by atoms with E-state index in [0.29, 0.717) is 23.0 Å². The van der Waals surface area contributed by atoms with Crippen LogP contribution in [0.4, 0.5) is 10.2 Å². The molecule has 1 aromatic carbocycles. The molecule has 2 aromatic heterocycles. The highest BCUT2D eigenvalue weighted by molar-refractivity contribution is 5.75. The quantitative estimate of drug-likeness (QED) is 0.574. The number of halogens is 1. The summed E-state index contributed by atoms with van der Waals surface area (Å²) >= 11 is 0. The third-order valence-corrected chi connectivity index (χ3v) is 7.37. The largest absolute Gasteiger partial charge is 0.507 e. The maximum Gasteiger partial charge on any atom is 0.213 e. The number of benzene rings is 1. The van der Waals surface area contributed by atoms with Gasteiger partial charge in [-0.2, -0.15) is 0 Å². The zero-order chi connectivity index (χ0) is 24.1. The smallest absolute Gasteiger partial charge is 0.213 e. The van der Waals surface area contributed by atoms with Gasteiger partial charge in [-0.1, -0.05) is 0 Å². The molecule has 0 unspecified atom stereocenters. The van der Waals surface area contributed by atoms with Gasteiger partial charge in [-0.05, 0) is 81.0 Å². The highest BCUT2D eigenvalue weighted by Crippen LogP contribution is 2.44. The van der Waals surface area contributed by atoms with Gasteiger partial charge >= 0.3 is 0 Å². The number of methoxy groups -OCH3 is 1. The number of piperidine rings is 1. The molecule has 34 heavy (non-hydrogen) atoms. The van der Waals surface area contributed by atoms with Gasteiger partial charge in [-0.25, -0.2) is 9.37 Å². The molecule has 2 bridgehead atoms. The van der Waals surface area contributed by atoms with Gasteiger partial charge in [0.1, 0.15) is 11.6 Å². The van der Waals surface area contributed by atoms with Crippen molar-refractivity contribution in [1.29, 1.82) is 0 Å². The number of aromatic hydroxyl groups is 1. The monoisotopic (exact) mass is 463 g/mol. The fraction of sp³-hybridized carbons (Fsp3) is 0.423. The van der Waals surface area contributed by atoms with E-state index in [0.717, 1.165) is 18.7 Å². The lowest BCUT2D eigenvalue weighted by molar-refractivity contribution is 0.207. The molecule has 7 nitrogen and oxygen atoms in total. The summed E-state index contributed by atoms with van der Waals surface area (Å²) in [5.74, 6) is 0.383. The maximum atomic E-state index is 15.1. The lowest BCUT2D eigenvalue weighted by Crippen LogP contribution is -2.58. The lowest BCUT2D eigenvalue weighted by Gasteiger charge is -2.45. The number of nitrogens with one attached hydrogen (secondary N) is 1. The number of pyridine rings is 1. The number of ether oxygens (including phenoxy) is 1. The van der Waals surface area contributed by atoms with Crippen LogP contribution in [0.15, 0.2) is 42.6 Å². The summed E-state index contributed by atoms with van der Waals surface area (Å²) in [7, 11) is 3.56. The van der Waals surface area contributed by atoms with E-state index in [1.807, 2.05) is 13.1 Å². The van der Waals surface area contributed by atoms with Gasteiger partial charge < -0.3 is 20.1 Å². The molecule has 0 saturated carbocycles. The molecule has 3 aromatic rings. The SMILES string of the molecule is COc1cc(-c2cc(O)c(-c3ccc(N(C)[C@@H]4C[C@]5(C)CC[C@](C)(C4)N5)nn3)c(F)c2)ccn1. The molecule has 0 spiro atoms. The number of hydrogen-bond acceptors (Lipinski definition) is 7. The second kappa shape index (κ2) is 8.20. The van der Waals surface area contributed by atoms with E-state index in [2.05, 4.69) is 39.2 Å². The zero-order valence-corrected chi connectivity index (χ0v) is 20.0. The van der Waals surface area contributed by atoms with E-state index in [1.165, 1.54) is 32.1 Å². The average molecular weight is 464 g/mol. The Morgan fingerprint density at radius 3 is 2.41 bits per heavy atom. The minimum atomic E-state index is -0.572. The number of fused-ring (bicyclic) bond motifs is 2. The molecule has 2 saturated heterocycles. The van der Waals surface area contributed by atoms with E-state index < -0.39 is 5.82 Å². The summed E-state index contributed by atoms with van der Waals surface area (Å²) in [4.78, 5) is 6.24. The summed E-state index contributed by atoms with van der Waals surface area (Å²) in [6, 6.07) is 10.2. The molecule has 0 radical (unpaired) electrons. The van der Waals surface area contributed by atoms with Crippen molar-refractivity contribution >= 4 is 5.82 Å². The van der Waals surface area contributed by atoms with Crippen molar-refractivity contribution in [1.82, 2.24) is 20.5 Å². The Kier molecular flexibility index (Phi) is 5.43. The first-order valence-electron chi connectivity index (χ1n) is 11.6.